The van der Waals surface area contributed by atoms with Crippen LogP contribution in [-0.2, 0) is 6.42 Å². The van der Waals surface area contributed by atoms with Gasteiger partial charge in [-0.2, -0.15) is 0 Å². The molecule has 1 aromatic carbocycles. The summed E-state index contributed by atoms with van der Waals surface area (Å²) in [7, 11) is 0. The topological polar surface area (TPSA) is 46.2 Å². The minimum atomic E-state index is -0.278. The number of nitrogens with one attached hydrogen (secondary N) is 1. The van der Waals surface area contributed by atoms with Crippen molar-refractivity contribution in [1.29, 1.82) is 0 Å². The van der Waals surface area contributed by atoms with Gasteiger partial charge >= 0.3 is 0 Å². The maximum absolute atomic E-state index is 11.4. The van der Waals surface area contributed by atoms with Crippen molar-refractivity contribution in [3.05, 3.63) is 34.9 Å². The lowest BCUT2D eigenvalue weighted by Gasteiger charge is -2.02. The third kappa shape index (κ3) is 1.98. The largest absolute Gasteiger partial charge is 0.288 e. The van der Waals surface area contributed by atoms with E-state index in [1.165, 1.54) is 12.8 Å². The average Bonchev–Trinajstić information content (AvgIpc) is 2.55. The van der Waals surface area contributed by atoms with E-state index in [1.54, 1.807) is 6.07 Å². The third-order valence-corrected chi connectivity index (χ3v) is 2.87. The van der Waals surface area contributed by atoms with Gasteiger partial charge in [0.2, 0.25) is 0 Å². The monoisotopic (exact) mass is 217 g/mol. The van der Waals surface area contributed by atoms with Crippen molar-refractivity contribution in [2.45, 2.75) is 32.6 Å². The molecule has 0 unspecified atom stereocenters. The van der Waals surface area contributed by atoms with Crippen LogP contribution < -0.4 is 5.32 Å². The van der Waals surface area contributed by atoms with E-state index in [9.17, 15) is 9.59 Å². The average molecular weight is 217 g/mol. The van der Waals surface area contributed by atoms with Gasteiger partial charge in [0.25, 0.3) is 11.8 Å². The maximum atomic E-state index is 11.4. The molecule has 3 nitrogen and oxygen atoms in total. The molecule has 0 radical (unpaired) electrons. The van der Waals surface area contributed by atoms with Crippen LogP contribution in [0.1, 0.15) is 52.5 Å². The van der Waals surface area contributed by atoms with Crippen molar-refractivity contribution in [3.8, 4) is 0 Å². The first-order valence-corrected chi connectivity index (χ1v) is 5.71. The van der Waals surface area contributed by atoms with Gasteiger partial charge in [-0.25, -0.2) is 0 Å². The molecule has 0 fully saturated rings. The number of hydrogen-bond acceptors (Lipinski definition) is 2. The van der Waals surface area contributed by atoms with Gasteiger partial charge in [0, 0.05) is 0 Å². The number of fused-ring (bicyclic) bond motifs is 1. The Morgan fingerprint density at radius 3 is 2.56 bits per heavy atom. The molecular formula is C13H15NO2. The minimum Gasteiger partial charge on any atom is -0.288 e. The molecule has 1 aliphatic rings. The van der Waals surface area contributed by atoms with Gasteiger partial charge in [-0.1, -0.05) is 25.8 Å². The van der Waals surface area contributed by atoms with Crippen LogP contribution in [0.3, 0.4) is 0 Å². The summed E-state index contributed by atoms with van der Waals surface area (Å²) in [5.74, 6) is -0.544. The molecule has 1 N–H and O–H groups in total. The van der Waals surface area contributed by atoms with E-state index >= 15 is 0 Å². The lowest BCUT2D eigenvalue weighted by atomic mass is 10.0. The molecule has 3 heteroatoms. The zero-order chi connectivity index (χ0) is 11.5. The van der Waals surface area contributed by atoms with E-state index in [4.69, 9.17) is 0 Å². The first kappa shape index (κ1) is 10.9. The van der Waals surface area contributed by atoms with Crippen LogP contribution in [0.25, 0.3) is 0 Å². The van der Waals surface area contributed by atoms with Crippen molar-refractivity contribution in [2.75, 3.05) is 0 Å². The molecule has 0 bridgehead atoms. The van der Waals surface area contributed by atoms with E-state index in [1.807, 2.05) is 12.1 Å². The first-order valence-electron chi connectivity index (χ1n) is 5.71. The number of hydrogen-bond donors (Lipinski definition) is 1. The van der Waals surface area contributed by atoms with Crippen molar-refractivity contribution >= 4 is 11.8 Å². The standard InChI is InChI=1S/C13H15NO2/c1-2-3-4-5-9-6-7-10-11(8-9)13(16)14-12(10)15/h6-8H,2-5H2,1H3,(H,14,15,16). The molecule has 0 aromatic heterocycles. The van der Waals surface area contributed by atoms with Crippen molar-refractivity contribution < 1.29 is 9.59 Å². The number of benzene rings is 1. The van der Waals surface area contributed by atoms with Gasteiger partial charge in [0.15, 0.2) is 0 Å². The third-order valence-electron chi connectivity index (χ3n) is 2.87. The normalized spacial score (nSPS) is 13.8. The number of rotatable bonds is 4. The molecule has 0 atom stereocenters. The number of amides is 2. The Labute approximate surface area is 94.9 Å². The molecule has 1 aliphatic heterocycles. The van der Waals surface area contributed by atoms with Crippen LogP contribution >= 0.6 is 0 Å². The molecule has 0 aliphatic carbocycles. The van der Waals surface area contributed by atoms with E-state index < -0.39 is 0 Å². The second-order valence-corrected chi connectivity index (χ2v) is 4.12. The molecule has 16 heavy (non-hydrogen) atoms. The molecule has 0 saturated heterocycles. The fraction of sp³-hybridized carbons (Fsp3) is 0.385. The first-order chi connectivity index (χ1) is 7.72. The summed E-state index contributed by atoms with van der Waals surface area (Å²) in [6.07, 6.45) is 4.49. The predicted octanol–water partition coefficient (Wildman–Crippen LogP) is 2.30. The molecule has 2 amide bonds. The molecule has 2 rings (SSSR count). The van der Waals surface area contributed by atoms with Gasteiger partial charge < -0.3 is 0 Å². The fourth-order valence-electron chi connectivity index (χ4n) is 1.95. The van der Waals surface area contributed by atoms with E-state index in [0.717, 1.165) is 18.4 Å². The molecule has 0 spiro atoms. The summed E-state index contributed by atoms with van der Waals surface area (Å²) in [5, 5.41) is 2.30. The summed E-state index contributed by atoms with van der Waals surface area (Å²) in [6.45, 7) is 2.16. The molecule has 1 heterocycles. The Morgan fingerprint density at radius 1 is 1.06 bits per heavy atom. The minimum absolute atomic E-state index is 0.266. The summed E-state index contributed by atoms with van der Waals surface area (Å²) < 4.78 is 0. The lowest BCUT2D eigenvalue weighted by molar-refractivity contribution is 0.0879. The summed E-state index contributed by atoms with van der Waals surface area (Å²) in [4.78, 5) is 22.7. The Bertz CT molecular complexity index is 438. The van der Waals surface area contributed by atoms with Crippen LogP contribution in [0.5, 0.6) is 0 Å². The van der Waals surface area contributed by atoms with Crippen molar-refractivity contribution in [1.82, 2.24) is 5.32 Å². The second kappa shape index (κ2) is 4.47. The zero-order valence-electron chi connectivity index (χ0n) is 9.38. The highest BCUT2D eigenvalue weighted by Gasteiger charge is 2.26. The van der Waals surface area contributed by atoms with Gasteiger partial charge in [0.05, 0.1) is 11.1 Å². The Balaban J connectivity index is 2.16. The molecular weight excluding hydrogens is 202 g/mol. The number of imide groups is 1. The van der Waals surface area contributed by atoms with E-state index in [0.29, 0.717) is 11.1 Å². The van der Waals surface area contributed by atoms with E-state index in [2.05, 4.69) is 12.2 Å². The predicted molar refractivity (Wildman–Crippen MR) is 61.5 cm³/mol. The highest BCUT2D eigenvalue weighted by Crippen LogP contribution is 2.18. The zero-order valence-corrected chi connectivity index (χ0v) is 9.38. The van der Waals surface area contributed by atoms with Gasteiger partial charge in [0.1, 0.15) is 0 Å². The van der Waals surface area contributed by atoms with Crippen LogP contribution in [0.2, 0.25) is 0 Å². The number of carbonyl (C=O) groups excluding carboxylic acids is 2. The van der Waals surface area contributed by atoms with Crippen LogP contribution in [0, 0.1) is 0 Å². The van der Waals surface area contributed by atoms with Crippen LogP contribution in [0.4, 0.5) is 0 Å². The summed E-state index contributed by atoms with van der Waals surface area (Å²) in [6, 6.07) is 5.52. The quantitative estimate of drug-likeness (QED) is 0.621. The van der Waals surface area contributed by atoms with Crippen LogP contribution in [0.15, 0.2) is 18.2 Å². The smallest absolute Gasteiger partial charge is 0.258 e. The summed E-state index contributed by atoms with van der Waals surface area (Å²) >= 11 is 0. The Hall–Kier alpha value is -1.64. The Kier molecular flexibility index (Phi) is 3.04. The van der Waals surface area contributed by atoms with Gasteiger partial charge in [-0.15, -0.1) is 0 Å². The highest BCUT2D eigenvalue weighted by atomic mass is 16.2. The lowest BCUT2D eigenvalue weighted by Crippen LogP contribution is -2.19. The van der Waals surface area contributed by atoms with Crippen molar-refractivity contribution in [3.63, 3.8) is 0 Å². The molecule has 84 valence electrons. The summed E-state index contributed by atoms with van der Waals surface area (Å²) in [5.41, 5.74) is 2.17. The van der Waals surface area contributed by atoms with Gasteiger partial charge in [-0.3, -0.25) is 14.9 Å². The van der Waals surface area contributed by atoms with E-state index in [-0.39, 0.29) is 11.8 Å². The highest BCUT2D eigenvalue weighted by molar-refractivity contribution is 6.21. The molecule has 0 saturated carbocycles. The van der Waals surface area contributed by atoms with Crippen LogP contribution in [-0.4, -0.2) is 11.8 Å². The van der Waals surface area contributed by atoms with Crippen molar-refractivity contribution in [2.24, 2.45) is 0 Å². The SMILES string of the molecule is CCCCCc1ccc2c(c1)C(=O)NC2=O. The molecule has 1 aromatic rings. The number of aryl methyl sites for hydroxylation is 1. The fourth-order valence-corrected chi connectivity index (χ4v) is 1.95. The van der Waals surface area contributed by atoms with Gasteiger partial charge in [-0.05, 0) is 30.5 Å². The number of carbonyl (C=O) groups is 2. The number of unbranched alkanes of at least 4 members (excludes halogenated alkanes) is 2. The maximum Gasteiger partial charge on any atom is 0.258 e. The second-order valence-electron chi connectivity index (χ2n) is 4.12. The Morgan fingerprint density at radius 2 is 1.81 bits per heavy atom.